The highest BCUT2D eigenvalue weighted by Crippen LogP contribution is 2.18. The minimum Gasteiger partial charge on any atom is -0.494 e. The zero-order valence-corrected chi connectivity index (χ0v) is 15.0. The fourth-order valence-electron chi connectivity index (χ4n) is 3.26. The van der Waals surface area contributed by atoms with Crippen molar-refractivity contribution in [2.24, 2.45) is 0 Å². The molecule has 1 aromatic carbocycles. The molecule has 3 rings (SSSR count). The van der Waals surface area contributed by atoms with Gasteiger partial charge in [0.15, 0.2) is 0 Å². The Morgan fingerprint density at radius 1 is 1.12 bits per heavy atom. The number of amides is 1. The highest BCUT2D eigenvalue weighted by Gasteiger charge is 2.30. The van der Waals surface area contributed by atoms with Crippen LogP contribution in [0.3, 0.4) is 0 Å². The molecule has 2 aliphatic heterocycles. The maximum absolute atomic E-state index is 12.3. The molecule has 0 aliphatic carbocycles. The monoisotopic (exact) mass is 348 g/mol. The first-order valence-corrected chi connectivity index (χ1v) is 9.24. The predicted molar refractivity (Wildman–Crippen MR) is 95.1 cm³/mol. The molecule has 2 fully saturated rings. The van der Waals surface area contributed by atoms with Gasteiger partial charge in [-0.3, -0.25) is 9.69 Å². The summed E-state index contributed by atoms with van der Waals surface area (Å²) in [7, 11) is 0. The molecule has 1 aromatic rings. The van der Waals surface area contributed by atoms with Crippen molar-refractivity contribution in [2.45, 2.75) is 25.9 Å². The first kappa shape index (κ1) is 18.0. The largest absolute Gasteiger partial charge is 0.494 e. The third kappa shape index (κ3) is 5.09. The van der Waals surface area contributed by atoms with E-state index in [9.17, 15) is 4.79 Å². The van der Waals surface area contributed by atoms with Crippen LogP contribution in [0.1, 0.15) is 19.8 Å². The molecule has 0 saturated carbocycles. The Bertz CT molecular complexity index is 535. The van der Waals surface area contributed by atoms with E-state index in [0.29, 0.717) is 13.2 Å². The number of rotatable bonds is 7. The van der Waals surface area contributed by atoms with Gasteiger partial charge in [0.2, 0.25) is 0 Å². The highest BCUT2D eigenvalue weighted by atomic mass is 16.5. The van der Waals surface area contributed by atoms with Gasteiger partial charge in [-0.15, -0.1) is 0 Å². The molecule has 138 valence electrons. The van der Waals surface area contributed by atoms with Gasteiger partial charge in [0.1, 0.15) is 24.2 Å². The van der Waals surface area contributed by atoms with Gasteiger partial charge in [-0.1, -0.05) is 0 Å². The quantitative estimate of drug-likeness (QED) is 0.752. The lowest BCUT2D eigenvalue weighted by molar-refractivity contribution is -0.142. The lowest BCUT2D eigenvalue weighted by Gasteiger charge is -2.35. The number of hydrogen-bond acceptors (Lipinski definition) is 5. The molecule has 0 unspecified atom stereocenters. The molecule has 1 atom stereocenters. The van der Waals surface area contributed by atoms with Crippen LogP contribution >= 0.6 is 0 Å². The summed E-state index contributed by atoms with van der Waals surface area (Å²) in [5, 5.41) is 0. The average molecular weight is 348 g/mol. The van der Waals surface area contributed by atoms with Crippen molar-refractivity contribution in [2.75, 3.05) is 52.5 Å². The SMILES string of the molecule is CCOc1ccc(OCCN2CCN(C(=O)[C@H]3CCCO3)CC2)cc1. The van der Waals surface area contributed by atoms with Crippen LogP contribution in [0, 0.1) is 0 Å². The Hall–Kier alpha value is -1.79. The Kier molecular flexibility index (Phi) is 6.53. The second kappa shape index (κ2) is 9.06. The standard InChI is InChI=1S/C19H28N2O4/c1-2-23-16-5-7-17(8-6-16)24-15-13-20-9-11-21(12-10-20)19(22)18-4-3-14-25-18/h5-8,18H,2-4,9-15H2,1H3/t18-/m1/s1. The van der Waals surface area contributed by atoms with E-state index in [2.05, 4.69) is 4.90 Å². The normalized spacial score (nSPS) is 21.3. The molecule has 0 spiro atoms. The number of nitrogens with zero attached hydrogens (tertiary/aromatic N) is 2. The van der Waals surface area contributed by atoms with Gasteiger partial charge in [-0.2, -0.15) is 0 Å². The van der Waals surface area contributed by atoms with E-state index >= 15 is 0 Å². The number of carbonyl (C=O) groups is 1. The van der Waals surface area contributed by atoms with Gasteiger partial charge in [-0.05, 0) is 44.0 Å². The predicted octanol–water partition coefficient (Wildman–Crippen LogP) is 1.79. The Balaban J connectivity index is 1.34. The molecule has 2 saturated heterocycles. The first-order valence-electron chi connectivity index (χ1n) is 9.24. The average Bonchev–Trinajstić information content (AvgIpc) is 3.18. The van der Waals surface area contributed by atoms with Gasteiger partial charge >= 0.3 is 0 Å². The van der Waals surface area contributed by atoms with E-state index < -0.39 is 0 Å². The van der Waals surface area contributed by atoms with Crippen LogP contribution < -0.4 is 9.47 Å². The molecule has 0 aromatic heterocycles. The zero-order valence-electron chi connectivity index (χ0n) is 15.0. The van der Waals surface area contributed by atoms with Crippen molar-refractivity contribution in [3.63, 3.8) is 0 Å². The maximum atomic E-state index is 12.3. The number of piperazine rings is 1. The van der Waals surface area contributed by atoms with Crippen molar-refractivity contribution in [3.05, 3.63) is 24.3 Å². The van der Waals surface area contributed by atoms with E-state index in [-0.39, 0.29) is 12.0 Å². The van der Waals surface area contributed by atoms with E-state index in [1.54, 1.807) is 0 Å². The molecule has 6 heteroatoms. The van der Waals surface area contributed by atoms with Crippen molar-refractivity contribution >= 4 is 5.91 Å². The molecule has 0 N–H and O–H groups in total. The summed E-state index contributed by atoms with van der Waals surface area (Å²) >= 11 is 0. The number of ether oxygens (including phenoxy) is 3. The van der Waals surface area contributed by atoms with Crippen molar-refractivity contribution in [1.29, 1.82) is 0 Å². The molecular weight excluding hydrogens is 320 g/mol. The lowest BCUT2D eigenvalue weighted by atomic mass is 10.2. The second-order valence-electron chi connectivity index (χ2n) is 6.42. The number of benzene rings is 1. The summed E-state index contributed by atoms with van der Waals surface area (Å²) in [4.78, 5) is 16.6. The summed E-state index contributed by atoms with van der Waals surface area (Å²) in [5.74, 6) is 1.89. The van der Waals surface area contributed by atoms with Crippen LogP contribution in [0.5, 0.6) is 11.5 Å². The Labute approximate surface area is 149 Å². The van der Waals surface area contributed by atoms with Gasteiger partial charge in [-0.25, -0.2) is 0 Å². The zero-order chi connectivity index (χ0) is 17.5. The molecule has 1 amide bonds. The summed E-state index contributed by atoms with van der Waals surface area (Å²) in [6.45, 7) is 8.22. The van der Waals surface area contributed by atoms with E-state index in [1.807, 2.05) is 36.1 Å². The third-order valence-corrected chi connectivity index (χ3v) is 4.70. The second-order valence-corrected chi connectivity index (χ2v) is 6.42. The molecule has 2 heterocycles. The molecule has 2 aliphatic rings. The van der Waals surface area contributed by atoms with Crippen LogP contribution in [0.15, 0.2) is 24.3 Å². The summed E-state index contributed by atoms with van der Waals surface area (Å²) < 4.78 is 16.7. The minimum atomic E-state index is -0.199. The van der Waals surface area contributed by atoms with Gasteiger partial charge in [0, 0.05) is 39.3 Å². The van der Waals surface area contributed by atoms with E-state index in [4.69, 9.17) is 14.2 Å². The van der Waals surface area contributed by atoms with Crippen molar-refractivity contribution < 1.29 is 19.0 Å². The number of hydrogen-bond donors (Lipinski definition) is 0. The number of carbonyl (C=O) groups excluding carboxylic acids is 1. The van der Waals surface area contributed by atoms with Crippen molar-refractivity contribution in [3.8, 4) is 11.5 Å². The highest BCUT2D eigenvalue weighted by molar-refractivity contribution is 5.81. The molecule has 6 nitrogen and oxygen atoms in total. The van der Waals surface area contributed by atoms with Crippen LogP contribution in [0.2, 0.25) is 0 Å². The molecule has 0 radical (unpaired) electrons. The smallest absolute Gasteiger partial charge is 0.251 e. The first-order chi connectivity index (χ1) is 12.3. The molecular formula is C19H28N2O4. The van der Waals surface area contributed by atoms with Crippen LogP contribution in [0.4, 0.5) is 0 Å². The van der Waals surface area contributed by atoms with Gasteiger partial charge in [0.05, 0.1) is 6.61 Å². The maximum Gasteiger partial charge on any atom is 0.251 e. The van der Waals surface area contributed by atoms with E-state index in [0.717, 1.165) is 63.7 Å². The fraction of sp³-hybridized carbons (Fsp3) is 0.632. The summed E-state index contributed by atoms with van der Waals surface area (Å²) in [5.41, 5.74) is 0. The van der Waals surface area contributed by atoms with Crippen LogP contribution in [-0.2, 0) is 9.53 Å². The third-order valence-electron chi connectivity index (χ3n) is 4.70. The van der Waals surface area contributed by atoms with Gasteiger partial charge < -0.3 is 19.1 Å². The molecule has 0 bridgehead atoms. The minimum absolute atomic E-state index is 0.169. The van der Waals surface area contributed by atoms with Crippen LogP contribution in [0.25, 0.3) is 0 Å². The van der Waals surface area contributed by atoms with E-state index in [1.165, 1.54) is 0 Å². The molecule has 25 heavy (non-hydrogen) atoms. The Morgan fingerprint density at radius 2 is 1.80 bits per heavy atom. The van der Waals surface area contributed by atoms with Crippen LogP contribution in [-0.4, -0.2) is 74.4 Å². The topological polar surface area (TPSA) is 51.2 Å². The van der Waals surface area contributed by atoms with Gasteiger partial charge in [0.25, 0.3) is 5.91 Å². The fourth-order valence-corrected chi connectivity index (χ4v) is 3.26. The Morgan fingerprint density at radius 3 is 2.40 bits per heavy atom. The lowest BCUT2D eigenvalue weighted by Crippen LogP contribution is -2.52. The summed E-state index contributed by atoms with van der Waals surface area (Å²) in [6.07, 6.45) is 1.67. The van der Waals surface area contributed by atoms with Crippen molar-refractivity contribution in [1.82, 2.24) is 9.80 Å². The summed E-state index contributed by atoms with van der Waals surface area (Å²) in [6, 6.07) is 7.72.